The number of fused-ring (bicyclic) bond motifs is 1. The Labute approximate surface area is 131 Å². The van der Waals surface area contributed by atoms with E-state index in [4.69, 9.17) is 9.84 Å². The Balaban J connectivity index is 1.79. The number of benzene rings is 1. The average Bonchev–Trinajstić information content (AvgIpc) is 3.15. The molecule has 3 rings (SSSR count). The normalized spacial score (nSPS) is 20.6. The van der Waals surface area contributed by atoms with Gasteiger partial charge in [-0.25, -0.2) is 4.39 Å². The van der Waals surface area contributed by atoms with Crippen molar-refractivity contribution < 1.29 is 23.8 Å². The Kier molecular flexibility index (Phi) is 3.94. The van der Waals surface area contributed by atoms with Crippen molar-refractivity contribution in [3.05, 3.63) is 29.7 Å². The lowest BCUT2D eigenvalue weighted by atomic mass is 10.1. The number of aromatic amines is 1. The number of rotatable bonds is 4. The third-order valence-corrected chi connectivity index (χ3v) is 4.28. The van der Waals surface area contributed by atoms with Crippen molar-refractivity contribution in [2.75, 3.05) is 7.11 Å². The molecule has 1 amide bonds. The molecule has 122 valence electrons. The molecule has 1 aliphatic rings. The number of nitrogens with one attached hydrogen (secondary N) is 2. The van der Waals surface area contributed by atoms with E-state index in [1.165, 1.54) is 25.3 Å². The fourth-order valence-corrected chi connectivity index (χ4v) is 3.06. The molecular weight excluding hydrogens is 303 g/mol. The number of amides is 1. The van der Waals surface area contributed by atoms with E-state index in [0.717, 1.165) is 0 Å². The van der Waals surface area contributed by atoms with Crippen molar-refractivity contribution >= 4 is 22.8 Å². The number of carboxylic acid groups (broad SMARTS) is 1. The van der Waals surface area contributed by atoms with Crippen LogP contribution in [-0.2, 0) is 4.79 Å². The lowest BCUT2D eigenvalue weighted by molar-refractivity contribution is -0.141. The number of aliphatic carboxylic acids is 1. The van der Waals surface area contributed by atoms with Crippen LogP contribution in [0.5, 0.6) is 5.75 Å². The molecule has 0 bridgehead atoms. The van der Waals surface area contributed by atoms with E-state index in [0.29, 0.717) is 30.4 Å². The summed E-state index contributed by atoms with van der Waals surface area (Å²) in [5.41, 5.74) is 0.437. The number of hydrogen-bond acceptors (Lipinski definition) is 3. The molecule has 1 saturated carbocycles. The Hall–Kier alpha value is -2.57. The zero-order valence-electron chi connectivity index (χ0n) is 12.6. The maximum atomic E-state index is 13.8. The van der Waals surface area contributed by atoms with E-state index >= 15 is 0 Å². The SMILES string of the molecule is COc1ccc(F)c2[nH]c(C(=O)N[C@@H]3CC[C@H](C(=O)O)C3)cc12. The summed E-state index contributed by atoms with van der Waals surface area (Å²) in [6.45, 7) is 0. The molecule has 0 radical (unpaired) electrons. The van der Waals surface area contributed by atoms with Crippen LogP contribution in [0.4, 0.5) is 4.39 Å². The fourth-order valence-electron chi connectivity index (χ4n) is 3.06. The smallest absolute Gasteiger partial charge is 0.306 e. The molecule has 23 heavy (non-hydrogen) atoms. The zero-order valence-corrected chi connectivity index (χ0v) is 12.6. The number of aromatic nitrogens is 1. The van der Waals surface area contributed by atoms with Gasteiger partial charge in [-0.2, -0.15) is 0 Å². The molecule has 1 aromatic carbocycles. The van der Waals surface area contributed by atoms with Gasteiger partial charge in [-0.15, -0.1) is 0 Å². The van der Waals surface area contributed by atoms with Crippen LogP contribution in [0.25, 0.3) is 10.9 Å². The van der Waals surface area contributed by atoms with E-state index < -0.39 is 17.7 Å². The maximum Gasteiger partial charge on any atom is 0.306 e. The minimum Gasteiger partial charge on any atom is -0.496 e. The van der Waals surface area contributed by atoms with Crippen molar-refractivity contribution in [2.45, 2.75) is 25.3 Å². The van der Waals surface area contributed by atoms with Crippen LogP contribution in [-0.4, -0.2) is 35.1 Å². The number of carbonyl (C=O) groups excluding carboxylic acids is 1. The highest BCUT2D eigenvalue weighted by atomic mass is 19.1. The molecule has 1 heterocycles. The molecule has 1 aliphatic carbocycles. The van der Waals surface area contributed by atoms with Crippen molar-refractivity contribution in [2.24, 2.45) is 5.92 Å². The molecule has 6 nitrogen and oxygen atoms in total. The van der Waals surface area contributed by atoms with Gasteiger partial charge < -0.3 is 20.1 Å². The van der Waals surface area contributed by atoms with E-state index in [1.54, 1.807) is 0 Å². The fraction of sp³-hybridized carbons (Fsp3) is 0.375. The summed E-state index contributed by atoms with van der Waals surface area (Å²) in [6.07, 6.45) is 1.59. The first kappa shape index (κ1) is 15.3. The number of carboxylic acids is 1. The minimum absolute atomic E-state index is 0.179. The third kappa shape index (κ3) is 2.86. The van der Waals surface area contributed by atoms with Gasteiger partial charge in [-0.1, -0.05) is 0 Å². The number of methoxy groups -OCH3 is 1. The number of carbonyl (C=O) groups is 2. The van der Waals surface area contributed by atoms with E-state index in [1.807, 2.05) is 0 Å². The first-order chi connectivity index (χ1) is 11.0. The zero-order chi connectivity index (χ0) is 16.6. The standard InChI is InChI=1S/C16H17FN2O4/c1-23-13-5-4-11(17)14-10(13)7-12(19-14)15(20)18-9-3-2-8(6-9)16(21)22/h4-5,7-9,19H,2-3,6H2,1H3,(H,18,20)(H,21,22)/t8-,9+/m0/s1. The molecular formula is C16H17FN2O4. The van der Waals surface area contributed by atoms with Crippen molar-refractivity contribution in [1.82, 2.24) is 10.3 Å². The summed E-state index contributed by atoms with van der Waals surface area (Å²) >= 11 is 0. The summed E-state index contributed by atoms with van der Waals surface area (Å²) in [5, 5.41) is 12.3. The lowest BCUT2D eigenvalue weighted by Gasteiger charge is -2.11. The highest BCUT2D eigenvalue weighted by Crippen LogP contribution is 2.29. The first-order valence-corrected chi connectivity index (χ1v) is 7.38. The van der Waals surface area contributed by atoms with Gasteiger partial charge in [0.05, 0.1) is 18.5 Å². The largest absolute Gasteiger partial charge is 0.496 e. The summed E-state index contributed by atoms with van der Waals surface area (Å²) in [4.78, 5) is 26.0. The van der Waals surface area contributed by atoms with Crippen LogP contribution < -0.4 is 10.1 Å². The summed E-state index contributed by atoms with van der Waals surface area (Å²) in [6, 6.07) is 4.13. The molecule has 1 fully saturated rings. The predicted octanol–water partition coefficient (Wildman–Crippen LogP) is 2.30. The van der Waals surface area contributed by atoms with Gasteiger partial charge >= 0.3 is 5.97 Å². The molecule has 1 aromatic heterocycles. The van der Waals surface area contributed by atoms with Gasteiger partial charge in [0.1, 0.15) is 17.3 Å². The van der Waals surface area contributed by atoms with Gasteiger partial charge in [0.25, 0.3) is 5.91 Å². The second-order valence-electron chi connectivity index (χ2n) is 5.74. The van der Waals surface area contributed by atoms with E-state index in [9.17, 15) is 14.0 Å². The van der Waals surface area contributed by atoms with Gasteiger partial charge in [0.15, 0.2) is 0 Å². The Morgan fingerprint density at radius 1 is 1.39 bits per heavy atom. The summed E-state index contributed by atoms with van der Waals surface area (Å²) < 4.78 is 19.0. The van der Waals surface area contributed by atoms with Crippen LogP contribution in [0.3, 0.4) is 0 Å². The monoisotopic (exact) mass is 320 g/mol. The second-order valence-corrected chi connectivity index (χ2v) is 5.74. The van der Waals surface area contributed by atoms with Crippen molar-refractivity contribution in [1.29, 1.82) is 0 Å². The number of H-pyrrole nitrogens is 1. The summed E-state index contributed by atoms with van der Waals surface area (Å²) in [5.74, 6) is -1.62. The maximum absolute atomic E-state index is 13.8. The highest BCUT2D eigenvalue weighted by Gasteiger charge is 2.31. The molecule has 2 aromatic rings. The molecule has 3 N–H and O–H groups in total. The Morgan fingerprint density at radius 3 is 2.83 bits per heavy atom. The Morgan fingerprint density at radius 2 is 2.17 bits per heavy atom. The van der Waals surface area contributed by atoms with Gasteiger partial charge in [0.2, 0.25) is 0 Å². The second kappa shape index (κ2) is 5.91. The predicted molar refractivity (Wildman–Crippen MR) is 81.0 cm³/mol. The van der Waals surface area contributed by atoms with Crippen LogP contribution in [0, 0.1) is 11.7 Å². The van der Waals surface area contributed by atoms with Crippen LogP contribution in [0.1, 0.15) is 29.8 Å². The summed E-state index contributed by atoms with van der Waals surface area (Å²) in [7, 11) is 1.48. The third-order valence-electron chi connectivity index (χ3n) is 4.28. The molecule has 0 spiro atoms. The van der Waals surface area contributed by atoms with E-state index in [-0.39, 0.29) is 23.2 Å². The minimum atomic E-state index is -0.834. The van der Waals surface area contributed by atoms with Crippen molar-refractivity contribution in [3.63, 3.8) is 0 Å². The first-order valence-electron chi connectivity index (χ1n) is 7.38. The molecule has 0 saturated heterocycles. The quantitative estimate of drug-likeness (QED) is 0.806. The van der Waals surface area contributed by atoms with Gasteiger partial charge in [-0.3, -0.25) is 9.59 Å². The van der Waals surface area contributed by atoms with Crippen LogP contribution >= 0.6 is 0 Å². The van der Waals surface area contributed by atoms with Crippen molar-refractivity contribution in [3.8, 4) is 5.75 Å². The Bertz CT molecular complexity index is 771. The number of ether oxygens (including phenoxy) is 1. The van der Waals surface area contributed by atoms with E-state index in [2.05, 4.69) is 10.3 Å². The molecule has 2 atom stereocenters. The van der Waals surface area contributed by atoms with Crippen LogP contribution in [0.15, 0.2) is 18.2 Å². The average molecular weight is 320 g/mol. The molecule has 0 unspecified atom stereocenters. The topological polar surface area (TPSA) is 91.4 Å². The lowest BCUT2D eigenvalue weighted by Crippen LogP contribution is -2.33. The molecule has 0 aliphatic heterocycles. The van der Waals surface area contributed by atoms with Gasteiger partial charge in [0, 0.05) is 11.4 Å². The highest BCUT2D eigenvalue weighted by molar-refractivity contribution is 6.00. The van der Waals surface area contributed by atoms with Crippen LogP contribution in [0.2, 0.25) is 0 Å². The number of halogens is 1. The molecule has 7 heteroatoms. The van der Waals surface area contributed by atoms with Gasteiger partial charge in [-0.05, 0) is 37.5 Å². The number of hydrogen-bond donors (Lipinski definition) is 3.